The van der Waals surface area contributed by atoms with Gasteiger partial charge in [-0.05, 0) is 82.8 Å². The van der Waals surface area contributed by atoms with Crippen LogP contribution in [0.5, 0.6) is 0 Å². The normalized spacial score (nSPS) is 23.0. The fourth-order valence-electron chi connectivity index (χ4n) is 3.60. The van der Waals surface area contributed by atoms with E-state index in [-0.39, 0.29) is 0 Å². The van der Waals surface area contributed by atoms with Gasteiger partial charge in [-0.1, -0.05) is 0 Å². The van der Waals surface area contributed by atoms with Crippen LogP contribution in [0.2, 0.25) is 0 Å². The smallest absolute Gasteiger partial charge is 0.198 e. The maximum Gasteiger partial charge on any atom is 0.198 e. The summed E-state index contributed by atoms with van der Waals surface area (Å²) in [6.45, 7) is 5.78. The highest BCUT2D eigenvalue weighted by Crippen LogP contribution is 2.24. The molecule has 2 heterocycles. The highest BCUT2D eigenvalue weighted by atomic mass is 16.5. The summed E-state index contributed by atoms with van der Waals surface area (Å²) in [6, 6.07) is 0. The van der Waals surface area contributed by atoms with Gasteiger partial charge >= 0.3 is 0 Å². The third-order valence-corrected chi connectivity index (χ3v) is 5.03. The summed E-state index contributed by atoms with van der Waals surface area (Å²) in [6.07, 6.45) is 12.9. The second kappa shape index (κ2) is 9.51. The predicted octanol–water partition coefficient (Wildman–Crippen LogP) is 3.19. The van der Waals surface area contributed by atoms with Crippen molar-refractivity contribution in [3.05, 3.63) is 0 Å². The van der Waals surface area contributed by atoms with Gasteiger partial charge in [0.1, 0.15) is 0 Å². The molecule has 2 rings (SSSR count). The summed E-state index contributed by atoms with van der Waals surface area (Å²) >= 11 is 0. The van der Waals surface area contributed by atoms with Gasteiger partial charge in [0.05, 0.1) is 0 Å². The molecule has 0 aromatic heterocycles. The topological polar surface area (TPSA) is 29.5 Å². The summed E-state index contributed by atoms with van der Waals surface area (Å²) in [5.41, 5.74) is 0. The molecule has 0 aromatic carbocycles. The molecule has 2 saturated heterocycles. The Hall–Kier alpha value is -0.410. The minimum atomic E-state index is 0.630. The van der Waals surface area contributed by atoms with Crippen molar-refractivity contribution in [3.63, 3.8) is 0 Å². The van der Waals surface area contributed by atoms with Gasteiger partial charge in [-0.25, -0.2) is 0 Å². The van der Waals surface area contributed by atoms with Crippen LogP contribution < -0.4 is 0 Å². The molecular weight excluding hydrogens is 250 g/mol. The van der Waals surface area contributed by atoms with Crippen molar-refractivity contribution < 1.29 is 9.53 Å². The van der Waals surface area contributed by atoms with Crippen molar-refractivity contribution in [2.75, 3.05) is 32.8 Å². The molecule has 0 aliphatic carbocycles. The van der Waals surface area contributed by atoms with Gasteiger partial charge in [-0.15, -0.1) is 0 Å². The van der Waals surface area contributed by atoms with E-state index in [0.717, 1.165) is 31.5 Å². The number of nitrogens with zero attached hydrogens (tertiary/aromatic N) is 1. The average Bonchev–Trinajstić information content (AvgIpc) is 2.50. The summed E-state index contributed by atoms with van der Waals surface area (Å²) in [7, 11) is 0. The Bertz CT molecular complexity index is 256. The SMILES string of the molecule is O=[C]CCCC1CCN(CCCC2CCOCC2)CC1. The Labute approximate surface area is 124 Å². The largest absolute Gasteiger partial charge is 0.381 e. The number of hydrogen-bond acceptors (Lipinski definition) is 3. The molecule has 0 amide bonds. The summed E-state index contributed by atoms with van der Waals surface area (Å²) < 4.78 is 5.41. The zero-order chi connectivity index (χ0) is 14.0. The number of likely N-dealkylation sites (tertiary alicyclic amines) is 1. The third kappa shape index (κ3) is 5.92. The second-order valence-corrected chi connectivity index (χ2v) is 6.52. The minimum Gasteiger partial charge on any atom is -0.381 e. The van der Waals surface area contributed by atoms with Gasteiger partial charge in [0.2, 0.25) is 0 Å². The number of rotatable bonds is 8. The number of piperidine rings is 1. The van der Waals surface area contributed by atoms with E-state index in [9.17, 15) is 4.79 Å². The molecule has 2 aliphatic rings. The van der Waals surface area contributed by atoms with Gasteiger partial charge in [-0.2, -0.15) is 0 Å². The zero-order valence-corrected chi connectivity index (χ0v) is 12.8. The van der Waals surface area contributed by atoms with Crippen molar-refractivity contribution >= 4 is 6.29 Å². The van der Waals surface area contributed by atoms with E-state index in [2.05, 4.69) is 4.90 Å². The van der Waals surface area contributed by atoms with E-state index in [1.54, 1.807) is 0 Å². The van der Waals surface area contributed by atoms with Gasteiger partial charge in [-0.3, -0.25) is 4.79 Å². The molecule has 20 heavy (non-hydrogen) atoms. The van der Waals surface area contributed by atoms with Crippen molar-refractivity contribution in [1.29, 1.82) is 0 Å². The summed E-state index contributed by atoms with van der Waals surface area (Å²) in [5, 5.41) is 0. The molecule has 0 N–H and O–H groups in total. The molecule has 0 saturated carbocycles. The van der Waals surface area contributed by atoms with E-state index < -0.39 is 0 Å². The van der Waals surface area contributed by atoms with Crippen LogP contribution in [0, 0.1) is 11.8 Å². The van der Waals surface area contributed by atoms with Crippen molar-refractivity contribution in [3.8, 4) is 0 Å². The molecule has 0 spiro atoms. The van der Waals surface area contributed by atoms with Gasteiger partial charge < -0.3 is 9.64 Å². The van der Waals surface area contributed by atoms with Crippen LogP contribution in [0.15, 0.2) is 0 Å². The van der Waals surface area contributed by atoms with Crippen LogP contribution in [0.3, 0.4) is 0 Å². The molecule has 2 fully saturated rings. The predicted molar refractivity (Wildman–Crippen MR) is 81.5 cm³/mol. The highest BCUT2D eigenvalue weighted by Gasteiger charge is 2.19. The number of hydrogen-bond donors (Lipinski definition) is 0. The lowest BCUT2D eigenvalue weighted by Crippen LogP contribution is -2.34. The lowest BCUT2D eigenvalue weighted by Gasteiger charge is -2.32. The van der Waals surface area contributed by atoms with Crippen LogP contribution in [0.25, 0.3) is 0 Å². The second-order valence-electron chi connectivity index (χ2n) is 6.52. The third-order valence-electron chi connectivity index (χ3n) is 5.03. The van der Waals surface area contributed by atoms with Gasteiger partial charge in [0, 0.05) is 19.6 Å². The zero-order valence-electron chi connectivity index (χ0n) is 12.8. The van der Waals surface area contributed by atoms with E-state index in [0.29, 0.717) is 6.42 Å². The molecule has 3 heteroatoms. The van der Waals surface area contributed by atoms with Crippen LogP contribution in [0.4, 0.5) is 0 Å². The van der Waals surface area contributed by atoms with Crippen LogP contribution in [-0.4, -0.2) is 44.0 Å². The molecule has 0 unspecified atom stereocenters. The van der Waals surface area contributed by atoms with Crippen LogP contribution in [0.1, 0.15) is 57.8 Å². The fraction of sp³-hybridized carbons (Fsp3) is 0.941. The first-order valence-electron chi connectivity index (χ1n) is 8.53. The molecule has 0 atom stereocenters. The van der Waals surface area contributed by atoms with Crippen LogP contribution in [-0.2, 0) is 9.53 Å². The van der Waals surface area contributed by atoms with Gasteiger partial charge in [0.25, 0.3) is 0 Å². The van der Waals surface area contributed by atoms with Crippen molar-refractivity contribution in [2.45, 2.75) is 57.8 Å². The lowest BCUT2D eigenvalue weighted by molar-refractivity contribution is 0.0616. The molecule has 3 nitrogen and oxygen atoms in total. The standard InChI is InChI=1S/C17H30NO2/c19-13-2-1-4-16-6-11-18(12-7-16)10-3-5-17-8-14-20-15-9-17/h16-17H,1-12,14-15H2. The van der Waals surface area contributed by atoms with Crippen molar-refractivity contribution in [2.24, 2.45) is 11.8 Å². The van der Waals surface area contributed by atoms with Crippen molar-refractivity contribution in [1.82, 2.24) is 4.90 Å². The monoisotopic (exact) mass is 280 g/mol. The van der Waals surface area contributed by atoms with E-state index in [1.165, 1.54) is 64.6 Å². The van der Waals surface area contributed by atoms with E-state index in [1.807, 2.05) is 6.29 Å². The molecule has 1 radical (unpaired) electrons. The van der Waals surface area contributed by atoms with Crippen LogP contribution >= 0.6 is 0 Å². The Morgan fingerprint density at radius 2 is 1.60 bits per heavy atom. The number of ether oxygens (including phenoxy) is 1. The molecule has 0 bridgehead atoms. The van der Waals surface area contributed by atoms with E-state index in [4.69, 9.17) is 4.74 Å². The minimum absolute atomic E-state index is 0.630. The molecule has 115 valence electrons. The summed E-state index contributed by atoms with van der Waals surface area (Å²) in [5.74, 6) is 1.77. The molecule has 2 aliphatic heterocycles. The Morgan fingerprint density at radius 1 is 0.950 bits per heavy atom. The lowest BCUT2D eigenvalue weighted by atomic mass is 9.91. The van der Waals surface area contributed by atoms with Gasteiger partial charge in [0.15, 0.2) is 6.29 Å². The maximum atomic E-state index is 10.2. The maximum absolute atomic E-state index is 10.2. The Balaban J connectivity index is 1.49. The number of unbranched alkanes of at least 4 members (excludes halogenated alkanes) is 1. The molecule has 0 aromatic rings. The first kappa shape index (κ1) is 16.0. The fourth-order valence-corrected chi connectivity index (χ4v) is 3.60. The number of carbonyl (C=O) groups excluding carboxylic acids is 1. The average molecular weight is 280 g/mol. The highest BCUT2D eigenvalue weighted by molar-refractivity contribution is 5.50. The Morgan fingerprint density at radius 3 is 2.30 bits per heavy atom. The molecular formula is C17H30NO2. The van der Waals surface area contributed by atoms with E-state index >= 15 is 0 Å². The first-order valence-corrected chi connectivity index (χ1v) is 8.53. The quantitative estimate of drug-likeness (QED) is 0.640. The first-order chi connectivity index (χ1) is 9.88. The Kier molecular flexibility index (Phi) is 7.60. The summed E-state index contributed by atoms with van der Waals surface area (Å²) in [4.78, 5) is 12.8.